The van der Waals surface area contributed by atoms with Gasteiger partial charge >= 0.3 is 0 Å². The van der Waals surface area contributed by atoms with Crippen LogP contribution < -0.4 is 5.32 Å². The summed E-state index contributed by atoms with van der Waals surface area (Å²) in [6.07, 6.45) is -1.30. The summed E-state index contributed by atoms with van der Waals surface area (Å²) in [5.74, 6) is -1.08. The van der Waals surface area contributed by atoms with Gasteiger partial charge in [0.25, 0.3) is 11.8 Å². The first-order valence-corrected chi connectivity index (χ1v) is 9.68. The molecule has 28 heavy (non-hydrogen) atoms. The maximum atomic E-state index is 13.0. The highest BCUT2D eigenvalue weighted by Gasteiger charge is 2.41. The largest absolute Gasteiger partial charge is 0.378 e. The molecular weight excluding hydrogens is 426 g/mol. The fourth-order valence-corrected chi connectivity index (χ4v) is 3.94. The molecule has 2 aromatic rings. The average Bonchev–Trinajstić information content (AvgIpc) is 2.82. The van der Waals surface area contributed by atoms with Crippen LogP contribution in [0.15, 0.2) is 53.0 Å². The minimum absolute atomic E-state index is 0.0372. The summed E-state index contributed by atoms with van der Waals surface area (Å²) in [5.41, 5.74) is 1.36. The van der Waals surface area contributed by atoms with Crippen LogP contribution in [0.4, 0.5) is 5.69 Å². The molecule has 8 heteroatoms. The zero-order valence-electron chi connectivity index (χ0n) is 14.8. The molecule has 0 radical (unpaired) electrons. The third-order valence-electron chi connectivity index (χ3n) is 5.07. The lowest BCUT2D eigenvalue weighted by atomic mass is 10.1. The number of hydrogen-bond acceptors (Lipinski definition) is 4. The van der Waals surface area contributed by atoms with Crippen LogP contribution in [-0.4, -0.2) is 58.3 Å². The molecule has 1 fully saturated rings. The van der Waals surface area contributed by atoms with Crippen LogP contribution in [0.1, 0.15) is 22.0 Å². The normalized spacial score (nSPS) is 20.0. The van der Waals surface area contributed by atoms with Crippen LogP contribution in [0.25, 0.3) is 0 Å². The van der Waals surface area contributed by atoms with Gasteiger partial charge in [0.15, 0.2) is 6.10 Å². The number of benzene rings is 2. The van der Waals surface area contributed by atoms with Crippen LogP contribution in [0.2, 0.25) is 0 Å². The first-order chi connectivity index (χ1) is 13.5. The number of aliphatic hydroxyl groups excluding tert-OH is 1. The van der Waals surface area contributed by atoms with Gasteiger partial charge in [0.05, 0.1) is 17.8 Å². The van der Waals surface area contributed by atoms with Gasteiger partial charge in [-0.3, -0.25) is 14.4 Å². The minimum atomic E-state index is -1.30. The summed E-state index contributed by atoms with van der Waals surface area (Å²) >= 11 is 3.35. The summed E-state index contributed by atoms with van der Waals surface area (Å²) < 4.78 is 0.743. The summed E-state index contributed by atoms with van der Waals surface area (Å²) in [5, 5.41) is 13.2. The number of halogens is 1. The van der Waals surface area contributed by atoms with E-state index >= 15 is 0 Å². The topological polar surface area (TPSA) is 90.0 Å². The van der Waals surface area contributed by atoms with E-state index in [4.69, 9.17) is 0 Å². The van der Waals surface area contributed by atoms with Gasteiger partial charge in [0.1, 0.15) is 6.04 Å². The van der Waals surface area contributed by atoms with Gasteiger partial charge in [0, 0.05) is 17.6 Å². The zero-order valence-corrected chi connectivity index (χ0v) is 16.4. The summed E-state index contributed by atoms with van der Waals surface area (Å²) in [7, 11) is 0. The molecule has 2 N–H and O–H groups in total. The highest BCUT2D eigenvalue weighted by Crippen LogP contribution is 2.28. The molecule has 2 aromatic carbocycles. The molecule has 4 rings (SSSR count). The molecule has 7 nitrogen and oxygen atoms in total. The van der Waals surface area contributed by atoms with Crippen molar-refractivity contribution in [2.75, 3.05) is 25.0 Å². The Morgan fingerprint density at radius 3 is 2.64 bits per heavy atom. The quantitative estimate of drug-likeness (QED) is 0.740. The number of rotatable bonds is 2. The molecule has 2 aliphatic rings. The van der Waals surface area contributed by atoms with Crippen LogP contribution in [0, 0.1) is 0 Å². The van der Waals surface area contributed by atoms with Crippen molar-refractivity contribution < 1.29 is 19.5 Å². The Hall–Kier alpha value is -2.71. The van der Waals surface area contributed by atoms with Gasteiger partial charge in [-0.15, -0.1) is 0 Å². The summed E-state index contributed by atoms with van der Waals surface area (Å²) in [6, 6.07) is 12.9. The van der Waals surface area contributed by atoms with Crippen LogP contribution >= 0.6 is 15.9 Å². The van der Waals surface area contributed by atoms with Gasteiger partial charge in [-0.1, -0.05) is 46.3 Å². The molecule has 144 valence electrons. The molecule has 3 amide bonds. The lowest BCUT2D eigenvalue weighted by molar-refractivity contribution is -0.144. The highest BCUT2D eigenvalue weighted by molar-refractivity contribution is 9.10. The summed E-state index contributed by atoms with van der Waals surface area (Å²) in [4.78, 5) is 41.4. The van der Waals surface area contributed by atoms with Crippen molar-refractivity contribution in [3.63, 3.8) is 0 Å². The Morgan fingerprint density at radius 2 is 1.89 bits per heavy atom. The first kappa shape index (κ1) is 18.6. The molecule has 0 aromatic heterocycles. The predicted molar refractivity (Wildman–Crippen MR) is 106 cm³/mol. The maximum Gasteiger partial charge on any atom is 0.256 e. The van der Waals surface area contributed by atoms with Gasteiger partial charge < -0.3 is 20.2 Å². The fraction of sp³-hybridized carbons (Fsp3) is 0.250. The van der Waals surface area contributed by atoms with Crippen LogP contribution in [0.3, 0.4) is 0 Å². The average molecular weight is 444 g/mol. The van der Waals surface area contributed by atoms with E-state index in [-0.39, 0.29) is 31.4 Å². The first-order valence-electron chi connectivity index (χ1n) is 8.89. The zero-order chi connectivity index (χ0) is 19.8. The van der Waals surface area contributed by atoms with E-state index in [9.17, 15) is 19.5 Å². The maximum absolute atomic E-state index is 13.0. The number of nitrogens with zero attached hydrogens (tertiary/aromatic N) is 2. The van der Waals surface area contributed by atoms with Crippen molar-refractivity contribution >= 4 is 39.3 Å². The second-order valence-electron chi connectivity index (χ2n) is 6.79. The second kappa shape index (κ2) is 7.37. The smallest absolute Gasteiger partial charge is 0.256 e. The third kappa shape index (κ3) is 3.29. The molecule has 2 unspecified atom stereocenters. The SMILES string of the molecule is O=C1Nc2ccc(Br)cc2C(=O)N2CCN(C(=O)C(O)c3ccccc3)CC12. The van der Waals surface area contributed by atoms with Crippen molar-refractivity contribution in [3.8, 4) is 0 Å². The Morgan fingerprint density at radius 1 is 1.14 bits per heavy atom. The number of carbonyl (C=O) groups is 3. The van der Waals surface area contributed by atoms with Gasteiger partial charge in [-0.25, -0.2) is 0 Å². The monoisotopic (exact) mass is 443 g/mol. The van der Waals surface area contributed by atoms with E-state index in [0.717, 1.165) is 4.47 Å². The molecule has 2 atom stereocenters. The molecule has 2 heterocycles. The van der Waals surface area contributed by atoms with Crippen LogP contribution in [0.5, 0.6) is 0 Å². The lowest BCUT2D eigenvalue weighted by Gasteiger charge is -2.40. The molecule has 0 spiro atoms. The molecule has 1 saturated heterocycles. The number of piperazine rings is 1. The Labute approximate surface area is 170 Å². The van der Waals surface area contributed by atoms with E-state index in [2.05, 4.69) is 21.2 Å². The van der Waals surface area contributed by atoms with Crippen molar-refractivity contribution in [3.05, 3.63) is 64.1 Å². The van der Waals surface area contributed by atoms with E-state index in [0.29, 0.717) is 16.8 Å². The second-order valence-corrected chi connectivity index (χ2v) is 7.71. The lowest BCUT2D eigenvalue weighted by Crippen LogP contribution is -2.60. The molecule has 0 bridgehead atoms. The minimum Gasteiger partial charge on any atom is -0.378 e. The van der Waals surface area contributed by atoms with Crippen molar-refractivity contribution in [2.45, 2.75) is 12.1 Å². The van der Waals surface area contributed by atoms with Gasteiger partial charge in [-0.05, 0) is 23.8 Å². The fourth-order valence-electron chi connectivity index (χ4n) is 3.57. The van der Waals surface area contributed by atoms with Crippen molar-refractivity contribution in [1.29, 1.82) is 0 Å². The standard InChI is InChI=1S/C20H18BrN3O4/c21-13-6-7-15-14(10-13)19(27)24-9-8-23(11-16(24)18(26)22-15)20(28)17(25)12-4-2-1-3-5-12/h1-7,10,16-17,25H,8-9,11H2,(H,22,26). The number of carbonyl (C=O) groups excluding carboxylic acids is 3. The number of hydrogen-bond donors (Lipinski definition) is 2. The summed E-state index contributed by atoms with van der Waals surface area (Å²) in [6.45, 7) is 0.507. The Kier molecular flexibility index (Phi) is 4.91. The van der Waals surface area contributed by atoms with E-state index < -0.39 is 18.1 Å². The number of nitrogens with one attached hydrogen (secondary N) is 1. The number of amides is 3. The predicted octanol–water partition coefficient (Wildman–Crippen LogP) is 1.79. The van der Waals surface area contributed by atoms with E-state index in [1.165, 1.54) is 9.80 Å². The molecule has 2 aliphatic heterocycles. The number of fused-ring (bicyclic) bond motifs is 2. The Bertz CT molecular complexity index is 950. The van der Waals surface area contributed by atoms with Gasteiger partial charge in [-0.2, -0.15) is 0 Å². The van der Waals surface area contributed by atoms with Crippen molar-refractivity contribution in [1.82, 2.24) is 9.80 Å². The molecule has 0 saturated carbocycles. The Balaban J connectivity index is 1.57. The number of aliphatic hydroxyl groups is 1. The number of anilines is 1. The van der Waals surface area contributed by atoms with E-state index in [1.807, 2.05) is 0 Å². The van der Waals surface area contributed by atoms with Gasteiger partial charge in [0.2, 0.25) is 5.91 Å². The molecular formula is C20H18BrN3O4. The van der Waals surface area contributed by atoms with Crippen LogP contribution in [-0.2, 0) is 9.59 Å². The van der Waals surface area contributed by atoms with Crippen molar-refractivity contribution in [2.24, 2.45) is 0 Å². The van der Waals surface area contributed by atoms with E-state index in [1.54, 1.807) is 48.5 Å². The third-order valence-corrected chi connectivity index (χ3v) is 5.57. The highest BCUT2D eigenvalue weighted by atomic mass is 79.9. The molecule has 0 aliphatic carbocycles.